The van der Waals surface area contributed by atoms with E-state index < -0.39 is 37.9 Å². The number of rotatable bonds is 7. The molecule has 1 N–H and O–H groups in total. The van der Waals surface area contributed by atoms with E-state index >= 15 is 0 Å². The van der Waals surface area contributed by atoms with Crippen LogP contribution in [-0.2, 0) is 24.7 Å². The zero-order valence-corrected chi connectivity index (χ0v) is 17.8. The van der Waals surface area contributed by atoms with Gasteiger partial charge < -0.3 is 5.32 Å². The van der Waals surface area contributed by atoms with Crippen molar-refractivity contribution in [3.05, 3.63) is 65.7 Å². The minimum atomic E-state index is -3.61. The molecule has 152 valence electrons. The van der Waals surface area contributed by atoms with Crippen LogP contribution in [0.3, 0.4) is 0 Å². The fourth-order valence-corrected chi connectivity index (χ4v) is 3.96. The lowest BCUT2D eigenvalue weighted by Gasteiger charge is -2.27. The highest BCUT2D eigenvalue weighted by atomic mass is 32.2. The summed E-state index contributed by atoms with van der Waals surface area (Å²) in [5.41, 5.74) is 1.25. The zero-order valence-electron chi connectivity index (χ0n) is 16.2. The molecule has 0 radical (unpaired) electrons. The van der Waals surface area contributed by atoms with Gasteiger partial charge in [-0.15, -0.1) is 0 Å². The topological polar surface area (TPSA) is 101 Å². The molecule has 0 fully saturated rings. The zero-order chi connectivity index (χ0) is 21.1. The van der Waals surface area contributed by atoms with Crippen molar-refractivity contribution in [3.63, 3.8) is 0 Å². The van der Waals surface area contributed by atoms with Crippen molar-refractivity contribution in [2.75, 3.05) is 19.6 Å². The summed E-state index contributed by atoms with van der Waals surface area (Å²) in [6, 6.07) is 13.4. The summed E-state index contributed by atoms with van der Waals surface area (Å²) in [5.74, 6) is -0.473. The third-order valence-electron chi connectivity index (χ3n) is 4.42. The van der Waals surface area contributed by atoms with Crippen LogP contribution in [0.4, 0.5) is 0 Å². The monoisotopic (exact) mass is 424 g/mol. The fourth-order valence-electron chi connectivity index (χ4n) is 2.73. The average molecular weight is 425 g/mol. The summed E-state index contributed by atoms with van der Waals surface area (Å²) in [6.45, 7) is 1.75. The number of benzene rings is 2. The second-order valence-electron chi connectivity index (χ2n) is 6.66. The molecule has 0 spiro atoms. The third-order valence-corrected chi connectivity index (χ3v) is 6.80. The molecular weight excluding hydrogens is 400 g/mol. The van der Waals surface area contributed by atoms with Crippen molar-refractivity contribution in [2.45, 2.75) is 23.9 Å². The van der Waals surface area contributed by atoms with Crippen molar-refractivity contribution < 1.29 is 21.6 Å². The summed E-state index contributed by atoms with van der Waals surface area (Å²) < 4.78 is 48.2. The standard InChI is InChI=1S/C19H24N2O5S2/c1-14(15-10-12-17(13-11-15)27(3,23)24)20-19(22)18(21(2)28(4,25)26)16-8-6-5-7-9-16/h5-14,18H,1-4H3,(H,20,22)/t14-,18+/m1/s1. The van der Waals surface area contributed by atoms with Crippen LogP contribution >= 0.6 is 0 Å². The summed E-state index contributed by atoms with van der Waals surface area (Å²) in [5, 5.41) is 2.81. The number of hydrogen-bond donors (Lipinski definition) is 1. The van der Waals surface area contributed by atoms with Crippen molar-refractivity contribution in [2.24, 2.45) is 0 Å². The van der Waals surface area contributed by atoms with Crippen LogP contribution in [0.5, 0.6) is 0 Å². The van der Waals surface area contributed by atoms with Crippen LogP contribution in [0.2, 0.25) is 0 Å². The number of hydrogen-bond acceptors (Lipinski definition) is 5. The van der Waals surface area contributed by atoms with Crippen molar-refractivity contribution >= 4 is 25.8 Å². The highest BCUT2D eigenvalue weighted by molar-refractivity contribution is 7.90. The van der Waals surface area contributed by atoms with E-state index in [0.717, 1.165) is 16.8 Å². The Balaban J connectivity index is 2.28. The Bertz CT molecular complexity index is 1030. The highest BCUT2D eigenvalue weighted by Crippen LogP contribution is 2.24. The number of nitrogens with zero attached hydrogens (tertiary/aromatic N) is 1. The van der Waals surface area contributed by atoms with E-state index in [1.54, 1.807) is 49.4 Å². The number of sulfone groups is 1. The molecule has 0 aromatic heterocycles. The number of carbonyl (C=O) groups excluding carboxylic acids is 1. The molecule has 2 atom stereocenters. The Morgan fingerprint density at radius 2 is 1.43 bits per heavy atom. The van der Waals surface area contributed by atoms with Gasteiger partial charge in [-0.3, -0.25) is 4.79 Å². The van der Waals surface area contributed by atoms with E-state index in [1.807, 2.05) is 0 Å². The fraction of sp³-hybridized carbons (Fsp3) is 0.316. The molecule has 0 bridgehead atoms. The Morgan fingerprint density at radius 1 is 0.893 bits per heavy atom. The van der Waals surface area contributed by atoms with E-state index in [0.29, 0.717) is 11.1 Å². The van der Waals surface area contributed by atoms with Crippen LogP contribution < -0.4 is 5.32 Å². The van der Waals surface area contributed by atoms with Crippen LogP contribution in [0.25, 0.3) is 0 Å². The molecule has 2 aromatic carbocycles. The van der Waals surface area contributed by atoms with Crippen molar-refractivity contribution in [1.29, 1.82) is 0 Å². The second kappa shape index (κ2) is 8.42. The lowest BCUT2D eigenvalue weighted by molar-refractivity contribution is -0.125. The Kier molecular flexibility index (Phi) is 6.63. The smallest absolute Gasteiger partial charge is 0.243 e. The van der Waals surface area contributed by atoms with Gasteiger partial charge in [0.25, 0.3) is 0 Å². The lowest BCUT2D eigenvalue weighted by atomic mass is 10.0. The summed E-state index contributed by atoms with van der Waals surface area (Å²) >= 11 is 0. The number of likely N-dealkylation sites (N-methyl/N-ethyl adjacent to an activating group) is 1. The predicted molar refractivity (Wildman–Crippen MR) is 108 cm³/mol. The molecule has 0 unspecified atom stereocenters. The van der Waals surface area contributed by atoms with Gasteiger partial charge in [0, 0.05) is 13.3 Å². The van der Waals surface area contributed by atoms with Gasteiger partial charge in [-0.25, -0.2) is 16.8 Å². The largest absolute Gasteiger partial charge is 0.348 e. The number of nitrogens with one attached hydrogen (secondary N) is 1. The number of amides is 1. The molecule has 0 aliphatic rings. The Hall–Kier alpha value is -2.23. The quantitative estimate of drug-likeness (QED) is 0.732. The maximum absolute atomic E-state index is 12.9. The Morgan fingerprint density at radius 3 is 1.89 bits per heavy atom. The van der Waals surface area contributed by atoms with Gasteiger partial charge in [0.15, 0.2) is 9.84 Å². The van der Waals surface area contributed by atoms with E-state index in [9.17, 15) is 21.6 Å². The average Bonchev–Trinajstić information content (AvgIpc) is 2.61. The number of sulfonamides is 1. The first-order valence-corrected chi connectivity index (χ1v) is 12.2. The first kappa shape index (κ1) is 22.1. The van der Waals surface area contributed by atoms with Gasteiger partial charge in [0.05, 0.1) is 17.2 Å². The van der Waals surface area contributed by atoms with Gasteiger partial charge in [-0.2, -0.15) is 4.31 Å². The van der Waals surface area contributed by atoms with Crippen LogP contribution in [0.1, 0.15) is 30.1 Å². The molecule has 0 aliphatic heterocycles. The SMILES string of the molecule is C[C@@H](NC(=O)[C@H](c1ccccc1)N(C)S(C)(=O)=O)c1ccc(S(C)(=O)=O)cc1. The first-order chi connectivity index (χ1) is 12.9. The molecule has 9 heteroatoms. The minimum Gasteiger partial charge on any atom is -0.348 e. The molecule has 0 heterocycles. The normalized spacial score (nSPS) is 14.5. The molecule has 0 saturated carbocycles. The molecule has 7 nitrogen and oxygen atoms in total. The molecule has 0 aliphatic carbocycles. The van der Waals surface area contributed by atoms with E-state index in [1.165, 1.54) is 19.2 Å². The maximum atomic E-state index is 12.9. The molecule has 28 heavy (non-hydrogen) atoms. The maximum Gasteiger partial charge on any atom is 0.243 e. The summed E-state index contributed by atoms with van der Waals surface area (Å²) in [6.07, 6.45) is 2.17. The molecule has 2 rings (SSSR count). The summed E-state index contributed by atoms with van der Waals surface area (Å²) in [7, 11) is -5.56. The van der Waals surface area contributed by atoms with Gasteiger partial charge >= 0.3 is 0 Å². The molecule has 0 saturated heterocycles. The summed E-state index contributed by atoms with van der Waals surface area (Å²) in [4.78, 5) is 13.1. The van der Waals surface area contributed by atoms with Gasteiger partial charge in [0.1, 0.15) is 6.04 Å². The van der Waals surface area contributed by atoms with Crippen LogP contribution in [-0.4, -0.2) is 46.6 Å². The molecule has 1 amide bonds. The van der Waals surface area contributed by atoms with Crippen LogP contribution in [0, 0.1) is 0 Å². The van der Waals surface area contributed by atoms with Gasteiger partial charge in [-0.1, -0.05) is 42.5 Å². The van der Waals surface area contributed by atoms with Gasteiger partial charge in [-0.05, 0) is 30.2 Å². The molecule has 2 aromatic rings. The van der Waals surface area contributed by atoms with E-state index in [-0.39, 0.29) is 4.90 Å². The lowest BCUT2D eigenvalue weighted by Crippen LogP contribution is -2.42. The highest BCUT2D eigenvalue weighted by Gasteiger charge is 2.31. The van der Waals surface area contributed by atoms with E-state index in [2.05, 4.69) is 5.32 Å². The van der Waals surface area contributed by atoms with Crippen molar-refractivity contribution in [3.8, 4) is 0 Å². The van der Waals surface area contributed by atoms with Crippen LogP contribution in [0.15, 0.2) is 59.5 Å². The third kappa shape index (κ3) is 5.40. The van der Waals surface area contributed by atoms with Crippen molar-refractivity contribution in [1.82, 2.24) is 9.62 Å². The molecular formula is C19H24N2O5S2. The minimum absolute atomic E-state index is 0.189. The van der Waals surface area contributed by atoms with Gasteiger partial charge in [0.2, 0.25) is 15.9 Å². The second-order valence-corrected chi connectivity index (χ2v) is 10.7. The Labute approximate surface area is 166 Å². The predicted octanol–water partition coefficient (Wildman–Crippen LogP) is 1.90. The number of carbonyl (C=O) groups is 1. The first-order valence-electron chi connectivity index (χ1n) is 8.49. The van der Waals surface area contributed by atoms with E-state index in [4.69, 9.17) is 0 Å².